The smallest absolute Gasteiger partial charge is 0.232 e. The fourth-order valence-electron chi connectivity index (χ4n) is 3.73. The summed E-state index contributed by atoms with van der Waals surface area (Å²) in [6.07, 6.45) is 10.2. The lowest BCUT2D eigenvalue weighted by Crippen LogP contribution is -2.27. The molecule has 7 nitrogen and oxygen atoms in total. The van der Waals surface area contributed by atoms with Crippen molar-refractivity contribution in [2.24, 2.45) is 5.92 Å². The van der Waals surface area contributed by atoms with Crippen LogP contribution in [-0.4, -0.2) is 44.6 Å². The maximum atomic E-state index is 13.2. The fraction of sp³-hybridized carbons (Fsp3) is 0.476. The van der Waals surface area contributed by atoms with E-state index in [-0.39, 0.29) is 15.8 Å². The summed E-state index contributed by atoms with van der Waals surface area (Å²) in [4.78, 5) is 25.3. The molecule has 0 aliphatic heterocycles. The maximum Gasteiger partial charge on any atom is 0.232 e. The minimum Gasteiger partial charge on any atom is -0.361 e. The Morgan fingerprint density at radius 2 is 1.77 bits per heavy atom. The van der Waals surface area contributed by atoms with Gasteiger partial charge in [-0.15, -0.1) is 0 Å². The summed E-state index contributed by atoms with van der Waals surface area (Å²) in [5, 5.41) is 0.0708. The standard InChI is InChI=1S/C21H27ClN4O3S/c1-25(2)19-13-24-20(14-23-19)26(21(27)11-8-15-6-4-5-7-15)16-9-10-18(17(22)12-16)30(3,28)29/h9-10,12-15H,4-8,11H2,1-3H3. The number of halogens is 1. The van der Waals surface area contributed by atoms with Crippen LogP contribution in [0, 0.1) is 5.92 Å². The molecule has 0 unspecified atom stereocenters. The number of nitrogens with zero attached hydrogens (tertiary/aromatic N) is 4. The largest absolute Gasteiger partial charge is 0.361 e. The van der Waals surface area contributed by atoms with E-state index >= 15 is 0 Å². The number of amides is 1. The predicted octanol–water partition coefficient (Wildman–Crippen LogP) is 4.23. The lowest BCUT2D eigenvalue weighted by molar-refractivity contribution is -0.118. The number of sulfone groups is 1. The van der Waals surface area contributed by atoms with Gasteiger partial charge in [-0.3, -0.25) is 9.69 Å². The van der Waals surface area contributed by atoms with E-state index < -0.39 is 9.84 Å². The Morgan fingerprint density at radius 3 is 2.30 bits per heavy atom. The number of aromatic nitrogens is 2. The van der Waals surface area contributed by atoms with Gasteiger partial charge in [0.2, 0.25) is 5.91 Å². The first-order chi connectivity index (χ1) is 14.2. The molecule has 1 aliphatic rings. The molecule has 0 bridgehead atoms. The molecule has 1 fully saturated rings. The van der Waals surface area contributed by atoms with E-state index in [0.29, 0.717) is 29.7 Å². The van der Waals surface area contributed by atoms with Crippen LogP contribution in [0.3, 0.4) is 0 Å². The van der Waals surface area contributed by atoms with Crippen LogP contribution in [0.15, 0.2) is 35.5 Å². The first-order valence-electron chi connectivity index (χ1n) is 9.98. The zero-order valence-electron chi connectivity index (χ0n) is 17.5. The summed E-state index contributed by atoms with van der Waals surface area (Å²) in [6.45, 7) is 0. The topological polar surface area (TPSA) is 83.5 Å². The molecular formula is C21H27ClN4O3S. The number of rotatable bonds is 7. The molecule has 9 heteroatoms. The predicted molar refractivity (Wildman–Crippen MR) is 119 cm³/mol. The van der Waals surface area contributed by atoms with Crippen molar-refractivity contribution in [3.63, 3.8) is 0 Å². The maximum absolute atomic E-state index is 13.2. The van der Waals surface area contributed by atoms with Gasteiger partial charge in [0.15, 0.2) is 15.7 Å². The molecule has 0 saturated heterocycles. The van der Waals surface area contributed by atoms with Gasteiger partial charge in [-0.1, -0.05) is 37.3 Å². The second kappa shape index (κ2) is 9.31. The van der Waals surface area contributed by atoms with E-state index in [1.807, 2.05) is 19.0 Å². The number of anilines is 3. The minimum absolute atomic E-state index is 0.0281. The van der Waals surface area contributed by atoms with Crippen LogP contribution in [0.25, 0.3) is 0 Å². The van der Waals surface area contributed by atoms with Gasteiger partial charge in [-0.05, 0) is 30.5 Å². The van der Waals surface area contributed by atoms with E-state index in [1.165, 1.54) is 42.7 Å². The van der Waals surface area contributed by atoms with Crippen molar-refractivity contribution >= 4 is 44.7 Å². The highest BCUT2D eigenvalue weighted by molar-refractivity contribution is 7.90. The number of benzene rings is 1. The van der Waals surface area contributed by atoms with Crippen LogP contribution < -0.4 is 9.80 Å². The highest BCUT2D eigenvalue weighted by Gasteiger charge is 2.24. The molecule has 2 aromatic rings. The zero-order chi connectivity index (χ0) is 21.9. The number of hydrogen-bond acceptors (Lipinski definition) is 6. The molecule has 30 heavy (non-hydrogen) atoms. The third-order valence-electron chi connectivity index (χ3n) is 5.38. The third-order valence-corrected chi connectivity index (χ3v) is 6.96. The molecule has 1 heterocycles. The van der Waals surface area contributed by atoms with Gasteiger partial charge in [0.25, 0.3) is 0 Å². The van der Waals surface area contributed by atoms with Crippen LogP contribution in [0.4, 0.5) is 17.3 Å². The molecule has 1 saturated carbocycles. The summed E-state index contributed by atoms with van der Waals surface area (Å²) >= 11 is 6.24. The molecule has 3 rings (SSSR count). The molecule has 0 N–H and O–H groups in total. The van der Waals surface area contributed by atoms with Crippen LogP contribution in [-0.2, 0) is 14.6 Å². The normalized spacial score (nSPS) is 14.7. The molecule has 1 aromatic carbocycles. The molecule has 0 atom stereocenters. The van der Waals surface area contributed by atoms with Crippen molar-refractivity contribution < 1.29 is 13.2 Å². The number of hydrogen-bond donors (Lipinski definition) is 0. The molecule has 1 amide bonds. The number of carbonyl (C=O) groups is 1. The third kappa shape index (κ3) is 5.29. The average Bonchev–Trinajstić information content (AvgIpc) is 3.20. The first-order valence-corrected chi connectivity index (χ1v) is 12.3. The summed E-state index contributed by atoms with van der Waals surface area (Å²) in [7, 11) is 0.252. The summed E-state index contributed by atoms with van der Waals surface area (Å²) in [5.41, 5.74) is 0.468. The van der Waals surface area contributed by atoms with Crippen LogP contribution in [0.1, 0.15) is 38.5 Å². The monoisotopic (exact) mass is 450 g/mol. The Kier molecular flexibility index (Phi) is 6.98. The van der Waals surface area contributed by atoms with Gasteiger partial charge in [-0.25, -0.2) is 18.4 Å². The summed E-state index contributed by atoms with van der Waals surface area (Å²) in [6, 6.07) is 4.50. The molecular weight excluding hydrogens is 424 g/mol. The van der Waals surface area contributed by atoms with Crippen molar-refractivity contribution in [1.29, 1.82) is 0 Å². The van der Waals surface area contributed by atoms with Crippen LogP contribution >= 0.6 is 11.6 Å². The van der Waals surface area contributed by atoms with Crippen molar-refractivity contribution in [2.75, 3.05) is 30.2 Å². The van der Waals surface area contributed by atoms with Gasteiger partial charge in [0.1, 0.15) is 5.82 Å². The van der Waals surface area contributed by atoms with Crippen molar-refractivity contribution in [3.8, 4) is 0 Å². The molecule has 1 aromatic heterocycles. The quantitative estimate of drug-likeness (QED) is 0.627. The minimum atomic E-state index is -3.47. The van der Waals surface area contributed by atoms with E-state index in [0.717, 1.165) is 12.7 Å². The van der Waals surface area contributed by atoms with Crippen molar-refractivity contribution in [1.82, 2.24) is 9.97 Å². The average molecular weight is 451 g/mol. The van der Waals surface area contributed by atoms with Gasteiger partial charge >= 0.3 is 0 Å². The van der Waals surface area contributed by atoms with Gasteiger partial charge in [-0.2, -0.15) is 0 Å². The Morgan fingerprint density at radius 1 is 1.13 bits per heavy atom. The van der Waals surface area contributed by atoms with Crippen LogP contribution in [0.2, 0.25) is 5.02 Å². The summed E-state index contributed by atoms with van der Waals surface area (Å²) < 4.78 is 23.8. The van der Waals surface area contributed by atoms with Crippen LogP contribution in [0.5, 0.6) is 0 Å². The summed E-state index contributed by atoms with van der Waals surface area (Å²) in [5.74, 6) is 1.51. The molecule has 162 valence electrons. The van der Waals surface area contributed by atoms with Crippen molar-refractivity contribution in [2.45, 2.75) is 43.4 Å². The van der Waals surface area contributed by atoms with E-state index in [4.69, 9.17) is 11.6 Å². The van der Waals surface area contributed by atoms with Gasteiger partial charge in [0.05, 0.1) is 28.0 Å². The van der Waals surface area contributed by atoms with E-state index in [9.17, 15) is 13.2 Å². The molecule has 0 radical (unpaired) electrons. The van der Waals surface area contributed by atoms with E-state index in [2.05, 4.69) is 9.97 Å². The Hall–Kier alpha value is -2.19. The Balaban J connectivity index is 1.94. The SMILES string of the molecule is CN(C)c1cnc(N(C(=O)CCC2CCCC2)c2ccc(S(C)(=O)=O)c(Cl)c2)cn1. The lowest BCUT2D eigenvalue weighted by atomic mass is 10.0. The Bertz CT molecular complexity index is 1000. The first kappa shape index (κ1) is 22.5. The number of carbonyl (C=O) groups excluding carboxylic acids is 1. The zero-order valence-corrected chi connectivity index (χ0v) is 19.1. The van der Waals surface area contributed by atoms with Crippen molar-refractivity contribution in [3.05, 3.63) is 35.6 Å². The molecule has 1 aliphatic carbocycles. The van der Waals surface area contributed by atoms with Gasteiger partial charge in [0, 0.05) is 26.8 Å². The second-order valence-electron chi connectivity index (χ2n) is 7.93. The lowest BCUT2D eigenvalue weighted by Gasteiger charge is -2.23. The second-order valence-corrected chi connectivity index (χ2v) is 10.3. The molecule has 0 spiro atoms. The van der Waals surface area contributed by atoms with Gasteiger partial charge < -0.3 is 4.90 Å². The Labute approximate surface area is 183 Å². The highest BCUT2D eigenvalue weighted by atomic mass is 35.5. The highest BCUT2D eigenvalue weighted by Crippen LogP contribution is 2.33. The fourth-order valence-corrected chi connectivity index (χ4v) is 5.06. The van der Waals surface area contributed by atoms with E-state index in [1.54, 1.807) is 18.5 Å².